The normalized spacial score (nSPS) is 49.5. The second-order valence-electron chi connectivity index (χ2n) is 5.38. The van der Waals surface area contributed by atoms with Gasteiger partial charge in [0.1, 0.15) is 0 Å². The number of hydrogen-bond acceptors (Lipinski definition) is 1. The van der Waals surface area contributed by atoms with Crippen LogP contribution in [0, 0.1) is 16.7 Å². The summed E-state index contributed by atoms with van der Waals surface area (Å²) in [5.74, 6) is 0.665. The van der Waals surface area contributed by atoms with E-state index < -0.39 is 11.1 Å². The van der Waals surface area contributed by atoms with Crippen molar-refractivity contribution < 1.29 is 8.76 Å². The topological polar surface area (TPSA) is 37.3 Å². The van der Waals surface area contributed by atoms with E-state index in [2.05, 4.69) is 20.8 Å². The first kappa shape index (κ1) is 9.66. The molecule has 2 aliphatic rings. The highest BCUT2D eigenvalue weighted by Gasteiger charge is 2.62. The Balaban J connectivity index is 2.38. The van der Waals surface area contributed by atoms with Crippen LogP contribution in [0.15, 0.2) is 0 Å². The highest BCUT2D eigenvalue weighted by molar-refractivity contribution is 7.80. The predicted octanol–water partition coefficient (Wildman–Crippen LogP) is 2.42. The zero-order valence-corrected chi connectivity index (χ0v) is 9.36. The minimum atomic E-state index is -1.63. The lowest BCUT2D eigenvalue weighted by molar-refractivity contribution is 0.153. The average Bonchev–Trinajstić information content (AvgIpc) is 2.34. The molecule has 0 spiro atoms. The minimum Gasteiger partial charge on any atom is -0.306 e. The molecule has 1 N–H and O–H groups in total. The molecule has 2 fully saturated rings. The van der Waals surface area contributed by atoms with E-state index in [4.69, 9.17) is 0 Å². The van der Waals surface area contributed by atoms with E-state index in [-0.39, 0.29) is 16.1 Å². The second-order valence-corrected chi connectivity index (χ2v) is 6.50. The first-order valence-corrected chi connectivity index (χ1v) is 6.16. The number of fused-ring (bicyclic) bond motifs is 2. The molecular weight excluding hydrogens is 184 g/mol. The zero-order valence-electron chi connectivity index (χ0n) is 8.54. The van der Waals surface area contributed by atoms with E-state index in [9.17, 15) is 8.76 Å². The van der Waals surface area contributed by atoms with Crippen molar-refractivity contribution in [1.82, 2.24) is 0 Å². The van der Waals surface area contributed by atoms with Gasteiger partial charge >= 0.3 is 0 Å². The smallest absolute Gasteiger partial charge is 0.156 e. The van der Waals surface area contributed by atoms with Gasteiger partial charge in [-0.05, 0) is 36.0 Å². The molecule has 13 heavy (non-hydrogen) atoms. The van der Waals surface area contributed by atoms with Gasteiger partial charge in [0.2, 0.25) is 0 Å². The van der Waals surface area contributed by atoms with Gasteiger partial charge in [0.25, 0.3) is 0 Å². The van der Waals surface area contributed by atoms with E-state index >= 15 is 0 Å². The van der Waals surface area contributed by atoms with Gasteiger partial charge in [0, 0.05) is 0 Å². The Hall–Kier alpha value is 0.110. The van der Waals surface area contributed by atoms with Crippen LogP contribution in [0.2, 0.25) is 0 Å². The van der Waals surface area contributed by atoms with Gasteiger partial charge in [0.05, 0.1) is 5.25 Å². The van der Waals surface area contributed by atoms with Crippen molar-refractivity contribution in [3.63, 3.8) is 0 Å². The molecule has 0 aromatic carbocycles. The van der Waals surface area contributed by atoms with Crippen LogP contribution in [-0.4, -0.2) is 14.0 Å². The molecule has 0 radical (unpaired) electrons. The molecule has 3 heteroatoms. The summed E-state index contributed by atoms with van der Waals surface area (Å²) in [6, 6.07) is 0. The first-order valence-electron chi connectivity index (χ1n) is 4.99. The number of hydrogen-bond donors (Lipinski definition) is 1. The SMILES string of the molecule is CC1(C)[C@H]2CC[C@]1(C)[C@@H](S(=O)O)C2. The Bertz CT molecular complexity index is 262. The largest absolute Gasteiger partial charge is 0.306 e. The van der Waals surface area contributed by atoms with E-state index in [1.165, 1.54) is 6.42 Å². The lowest BCUT2D eigenvalue weighted by Gasteiger charge is -2.37. The first-order chi connectivity index (χ1) is 5.89. The summed E-state index contributed by atoms with van der Waals surface area (Å²) >= 11 is -1.63. The highest BCUT2D eigenvalue weighted by Crippen LogP contribution is 2.66. The summed E-state index contributed by atoms with van der Waals surface area (Å²) in [5, 5.41) is 0.0150. The molecule has 2 aliphatic carbocycles. The van der Waals surface area contributed by atoms with E-state index in [0.717, 1.165) is 12.8 Å². The van der Waals surface area contributed by atoms with Gasteiger partial charge in [-0.25, -0.2) is 4.21 Å². The Morgan fingerprint density at radius 1 is 1.38 bits per heavy atom. The molecule has 2 rings (SSSR count). The van der Waals surface area contributed by atoms with Crippen molar-refractivity contribution in [2.75, 3.05) is 0 Å². The average molecular weight is 202 g/mol. The third-order valence-corrected chi connectivity index (χ3v) is 6.16. The van der Waals surface area contributed by atoms with E-state index in [0.29, 0.717) is 5.92 Å². The van der Waals surface area contributed by atoms with Crippen molar-refractivity contribution in [3.05, 3.63) is 0 Å². The van der Waals surface area contributed by atoms with Gasteiger partial charge in [-0.3, -0.25) is 0 Å². The van der Waals surface area contributed by atoms with Crippen LogP contribution in [0.1, 0.15) is 40.0 Å². The standard InChI is InChI=1S/C10H18O2S/c1-9(2)7-4-5-10(9,3)8(6-7)13(11)12/h7-8H,4-6H2,1-3H3,(H,11,12)/t7-,8-,10+/m0/s1. The summed E-state index contributed by atoms with van der Waals surface area (Å²) < 4.78 is 20.4. The van der Waals surface area contributed by atoms with Gasteiger partial charge < -0.3 is 4.55 Å². The maximum absolute atomic E-state index is 11.2. The quantitative estimate of drug-likeness (QED) is 0.663. The maximum atomic E-state index is 11.2. The summed E-state index contributed by atoms with van der Waals surface area (Å²) in [5.41, 5.74) is 0.354. The van der Waals surface area contributed by atoms with Crippen LogP contribution in [-0.2, 0) is 11.1 Å². The fourth-order valence-corrected chi connectivity index (χ4v) is 4.70. The Kier molecular flexibility index (Phi) is 1.91. The van der Waals surface area contributed by atoms with Gasteiger partial charge in [-0.2, -0.15) is 0 Å². The fourth-order valence-electron chi connectivity index (χ4n) is 3.44. The minimum absolute atomic E-state index is 0.0150. The molecule has 0 amide bonds. The lowest BCUT2D eigenvalue weighted by atomic mass is 9.71. The molecule has 0 aromatic heterocycles. The second kappa shape index (κ2) is 2.57. The predicted molar refractivity (Wildman–Crippen MR) is 53.8 cm³/mol. The molecule has 0 aliphatic heterocycles. The zero-order chi connectivity index (χ0) is 9.85. The summed E-state index contributed by atoms with van der Waals surface area (Å²) in [7, 11) is 0. The van der Waals surface area contributed by atoms with Crippen molar-refractivity contribution in [2.45, 2.75) is 45.3 Å². The van der Waals surface area contributed by atoms with E-state index in [1.807, 2.05) is 0 Å². The van der Waals surface area contributed by atoms with Crippen LogP contribution >= 0.6 is 0 Å². The molecule has 0 saturated heterocycles. The highest BCUT2D eigenvalue weighted by atomic mass is 32.2. The molecular formula is C10H18O2S. The molecule has 4 atom stereocenters. The molecule has 1 unspecified atom stereocenters. The van der Waals surface area contributed by atoms with Crippen molar-refractivity contribution in [1.29, 1.82) is 0 Å². The van der Waals surface area contributed by atoms with Crippen LogP contribution in [0.3, 0.4) is 0 Å². The van der Waals surface area contributed by atoms with Crippen LogP contribution in [0.5, 0.6) is 0 Å². The van der Waals surface area contributed by atoms with Gasteiger partial charge in [-0.15, -0.1) is 0 Å². The van der Waals surface area contributed by atoms with Gasteiger partial charge in [0.15, 0.2) is 11.1 Å². The van der Waals surface area contributed by atoms with Crippen LogP contribution in [0.4, 0.5) is 0 Å². The molecule has 2 nitrogen and oxygen atoms in total. The lowest BCUT2D eigenvalue weighted by Crippen LogP contribution is -2.37. The molecule has 0 heterocycles. The molecule has 0 aromatic rings. The van der Waals surface area contributed by atoms with Crippen molar-refractivity contribution in [3.8, 4) is 0 Å². The molecule has 2 saturated carbocycles. The van der Waals surface area contributed by atoms with E-state index in [1.54, 1.807) is 0 Å². The monoisotopic (exact) mass is 202 g/mol. The maximum Gasteiger partial charge on any atom is 0.156 e. The molecule has 2 bridgehead atoms. The summed E-state index contributed by atoms with van der Waals surface area (Å²) in [6.07, 6.45) is 3.32. The van der Waals surface area contributed by atoms with Crippen molar-refractivity contribution in [2.24, 2.45) is 16.7 Å². The Morgan fingerprint density at radius 2 is 2.00 bits per heavy atom. The van der Waals surface area contributed by atoms with Crippen LogP contribution < -0.4 is 0 Å². The Morgan fingerprint density at radius 3 is 2.23 bits per heavy atom. The third kappa shape index (κ3) is 1.00. The fraction of sp³-hybridized carbons (Fsp3) is 1.00. The third-order valence-electron chi connectivity index (χ3n) is 4.96. The number of rotatable bonds is 1. The summed E-state index contributed by atoms with van der Waals surface area (Å²) in [6.45, 7) is 6.72. The van der Waals surface area contributed by atoms with Crippen molar-refractivity contribution >= 4 is 11.1 Å². The Labute approximate surface area is 82.4 Å². The molecule has 76 valence electrons. The van der Waals surface area contributed by atoms with Crippen LogP contribution in [0.25, 0.3) is 0 Å². The van der Waals surface area contributed by atoms with Gasteiger partial charge in [-0.1, -0.05) is 20.8 Å². The summed E-state index contributed by atoms with van der Waals surface area (Å²) in [4.78, 5) is 0.